The van der Waals surface area contributed by atoms with Gasteiger partial charge in [0.2, 0.25) is 0 Å². The fourth-order valence-corrected chi connectivity index (χ4v) is 10.5. The van der Waals surface area contributed by atoms with E-state index in [-0.39, 0.29) is 0 Å². The summed E-state index contributed by atoms with van der Waals surface area (Å²) in [6.45, 7) is 0. The van der Waals surface area contributed by atoms with Crippen molar-refractivity contribution in [1.82, 2.24) is 14.5 Å². The van der Waals surface area contributed by atoms with Crippen LogP contribution in [-0.4, -0.2) is 14.5 Å². The average Bonchev–Trinajstić information content (AvgIpc) is 4.06. The Labute approximate surface area is 376 Å². The third-order valence-corrected chi connectivity index (χ3v) is 13.3. The lowest BCUT2D eigenvalue weighted by atomic mass is 9.67. The van der Waals surface area contributed by atoms with Gasteiger partial charge in [0.05, 0.1) is 27.8 Å². The predicted octanol–water partition coefficient (Wildman–Crippen LogP) is 15.4. The van der Waals surface area contributed by atoms with Gasteiger partial charge in [0.25, 0.3) is 0 Å². The minimum Gasteiger partial charge on any atom is -0.456 e. The van der Waals surface area contributed by atoms with E-state index in [1.54, 1.807) is 0 Å². The molecule has 3 heterocycles. The van der Waals surface area contributed by atoms with E-state index in [0.717, 1.165) is 56.1 Å². The van der Waals surface area contributed by atoms with Crippen LogP contribution < -0.4 is 0 Å². The molecule has 0 N–H and O–H groups in total. The van der Waals surface area contributed by atoms with Crippen molar-refractivity contribution in [2.45, 2.75) is 5.41 Å². The van der Waals surface area contributed by atoms with Crippen molar-refractivity contribution < 1.29 is 4.42 Å². The van der Waals surface area contributed by atoms with E-state index in [9.17, 15) is 0 Å². The summed E-state index contributed by atoms with van der Waals surface area (Å²) in [5, 5.41) is 3.56. The molecule has 0 aliphatic heterocycles. The summed E-state index contributed by atoms with van der Waals surface area (Å²) >= 11 is 0. The van der Waals surface area contributed by atoms with E-state index in [1.165, 1.54) is 55.2 Å². The topological polar surface area (TPSA) is 43.9 Å². The van der Waals surface area contributed by atoms with E-state index >= 15 is 0 Å². The predicted molar refractivity (Wildman–Crippen MR) is 265 cm³/mol. The number of nitrogens with zero attached hydrogens (tertiary/aromatic N) is 3. The van der Waals surface area contributed by atoms with Gasteiger partial charge in [-0.15, -0.1) is 0 Å². The van der Waals surface area contributed by atoms with E-state index in [2.05, 4.69) is 223 Å². The Bertz CT molecular complexity index is 3630. The first kappa shape index (κ1) is 37.0. The molecule has 0 spiro atoms. The van der Waals surface area contributed by atoms with Crippen LogP contribution in [0.1, 0.15) is 22.3 Å². The fraction of sp³-hybridized carbons (Fsp3) is 0.0164. The highest BCUT2D eigenvalue weighted by Gasteiger charge is 2.46. The molecule has 1 aliphatic rings. The van der Waals surface area contributed by atoms with Gasteiger partial charge in [-0.3, -0.25) is 0 Å². The van der Waals surface area contributed by atoms with Crippen LogP contribution in [0.2, 0.25) is 0 Å². The van der Waals surface area contributed by atoms with Crippen LogP contribution in [0.25, 0.3) is 94.8 Å². The number of fused-ring (bicyclic) bond motifs is 7. The van der Waals surface area contributed by atoms with Crippen molar-refractivity contribution in [1.29, 1.82) is 0 Å². The highest BCUT2D eigenvalue weighted by Crippen LogP contribution is 2.58. The number of benzene rings is 9. The Kier molecular flexibility index (Phi) is 8.40. The van der Waals surface area contributed by atoms with E-state index in [1.807, 2.05) is 18.2 Å². The molecule has 4 nitrogen and oxygen atoms in total. The molecule has 0 radical (unpaired) electrons. The van der Waals surface area contributed by atoms with Crippen LogP contribution >= 0.6 is 0 Å². The third-order valence-electron chi connectivity index (χ3n) is 13.3. The van der Waals surface area contributed by atoms with Gasteiger partial charge < -0.3 is 8.98 Å². The van der Waals surface area contributed by atoms with Gasteiger partial charge in [-0.1, -0.05) is 182 Å². The molecular formula is C61H39N3O. The molecule has 9 aromatic carbocycles. The normalized spacial score (nSPS) is 12.7. The minimum absolute atomic E-state index is 0.529. The van der Waals surface area contributed by atoms with Crippen molar-refractivity contribution in [3.8, 4) is 62.0 Å². The molecule has 0 fully saturated rings. The molecule has 0 saturated carbocycles. The van der Waals surface area contributed by atoms with Gasteiger partial charge in [0, 0.05) is 44.1 Å². The molecule has 0 amide bonds. The van der Waals surface area contributed by atoms with Gasteiger partial charge in [-0.05, 0) is 88.0 Å². The Hall–Kier alpha value is -8.60. The molecule has 65 heavy (non-hydrogen) atoms. The van der Waals surface area contributed by atoms with Gasteiger partial charge in [-0.2, -0.15) is 0 Å². The van der Waals surface area contributed by atoms with Crippen LogP contribution in [-0.2, 0) is 5.41 Å². The number of hydrogen-bond donors (Lipinski definition) is 0. The molecule has 0 saturated heterocycles. The lowest BCUT2D eigenvalue weighted by Gasteiger charge is -2.33. The van der Waals surface area contributed by atoms with Crippen molar-refractivity contribution in [2.75, 3.05) is 0 Å². The standard InChI is InChI=1S/C61H39N3O/c1-3-17-44(18-4-1)61(45-19-5-2-6-20-45)51-25-11-8-23-49(51)59-50(24-15-26-52(59)61)54-39-53(40-30-32-41(33-31-40)58-38-43-16-7-14-29-57(43)65-58)62-60(63-54)42-34-36-46(37-35-42)64-55-27-12-9-21-47(55)48-22-10-13-28-56(48)64/h1-39H. The Morgan fingerprint density at radius 2 is 0.954 bits per heavy atom. The maximum absolute atomic E-state index is 6.26. The molecule has 0 bridgehead atoms. The molecule has 304 valence electrons. The highest BCUT2D eigenvalue weighted by molar-refractivity contribution is 6.09. The SMILES string of the molecule is c1ccc(C2(c3ccccc3)c3ccccc3-c3c(-c4cc(-c5ccc(-c6cc7ccccc7o6)cc5)nc(-c5ccc(-n6c7ccccc7c7ccccc76)cc5)n4)cccc32)cc1. The molecule has 13 rings (SSSR count). The van der Waals surface area contributed by atoms with Gasteiger partial charge in [0.1, 0.15) is 11.3 Å². The van der Waals surface area contributed by atoms with Gasteiger partial charge >= 0.3 is 0 Å². The lowest BCUT2D eigenvalue weighted by molar-refractivity contribution is 0.631. The van der Waals surface area contributed by atoms with Crippen molar-refractivity contribution in [2.24, 2.45) is 0 Å². The Balaban J connectivity index is 1.00. The second-order valence-electron chi connectivity index (χ2n) is 16.9. The first-order valence-electron chi connectivity index (χ1n) is 22.1. The van der Waals surface area contributed by atoms with E-state index in [0.29, 0.717) is 5.82 Å². The number of aromatic nitrogens is 3. The summed E-state index contributed by atoms with van der Waals surface area (Å²) in [5.74, 6) is 1.50. The van der Waals surface area contributed by atoms with Crippen molar-refractivity contribution in [3.63, 3.8) is 0 Å². The van der Waals surface area contributed by atoms with Crippen LogP contribution in [0.5, 0.6) is 0 Å². The summed E-state index contributed by atoms with van der Waals surface area (Å²) in [4.78, 5) is 10.8. The van der Waals surface area contributed by atoms with Crippen LogP contribution in [0.15, 0.2) is 241 Å². The molecular weight excluding hydrogens is 791 g/mol. The summed E-state index contributed by atoms with van der Waals surface area (Å²) in [6, 6.07) is 84.4. The van der Waals surface area contributed by atoms with Gasteiger partial charge in [0.15, 0.2) is 5.82 Å². The summed E-state index contributed by atoms with van der Waals surface area (Å²) in [6.07, 6.45) is 0. The quantitative estimate of drug-likeness (QED) is 0.161. The number of rotatable bonds is 7. The maximum Gasteiger partial charge on any atom is 0.160 e. The van der Waals surface area contributed by atoms with Crippen LogP contribution in [0, 0.1) is 0 Å². The number of para-hydroxylation sites is 3. The summed E-state index contributed by atoms with van der Waals surface area (Å²) < 4.78 is 8.61. The number of furan rings is 1. The molecule has 0 unspecified atom stereocenters. The molecule has 4 heteroatoms. The summed E-state index contributed by atoms with van der Waals surface area (Å²) in [5.41, 5.74) is 16.8. The van der Waals surface area contributed by atoms with Crippen molar-refractivity contribution >= 4 is 32.8 Å². The van der Waals surface area contributed by atoms with Crippen LogP contribution in [0.3, 0.4) is 0 Å². The second-order valence-corrected chi connectivity index (χ2v) is 16.9. The molecule has 3 aromatic heterocycles. The smallest absolute Gasteiger partial charge is 0.160 e. The van der Waals surface area contributed by atoms with Crippen molar-refractivity contribution in [3.05, 3.63) is 259 Å². The third kappa shape index (κ3) is 5.77. The monoisotopic (exact) mass is 829 g/mol. The first-order valence-corrected chi connectivity index (χ1v) is 22.1. The van der Waals surface area contributed by atoms with Crippen LogP contribution in [0.4, 0.5) is 0 Å². The highest BCUT2D eigenvalue weighted by atomic mass is 16.3. The molecule has 1 aliphatic carbocycles. The molecule has 0 atom stereocenters. The minimum atomic E-state index is -0.529. The number of hydrogen-bond acceptors (Lipinski definition) is 3. The zero-order chi connectivity index (χ0) is 42.9. The second kappa shape index (κ2) is 14.8. The maximum atomic E-state index is 6.26. The van der Waals surface area contributed by atoms with E-state index < -0.39 is 5.41 Å². The molecule has 12 aromatic rings. The first-order chi connectivity index (χ1) is 32.2. The Morgan fingerprint density at radius 1 is 0.400 bits per heavy atom. The fourth-order valence-electron chi connectivity index (χ4n) is 10.5. The zero-order valence-corrected chi connectivity index (χ0v) is 35.3. The zero-order valence-electron chi connectivity index (χ0n) is 35.3. The summed E-state index contributed by atoms with van der Waals surface area (Å²) in [7, 11) is 0. The Morgan fingerprint density at radius 3 is 1.66 bits per heavy atom. The average molecular weight is 830 g/mol. The van der Waals surface area contributed by atoms with Gasteiger partial charge in [-0.25, -0.2) is 9.97 Å². The largest absolute Gasteiger partial charge is 0.456 e. The lowest BCUT2D eigenvalue weighted by Crippen LogP contribution is -2.28. The van der Waals surface area contributed by atoms with E-state index in [4.69, 9.17) is 14.4 Å².